The number of piperidine rings is 1. The number of nitrogens with one attached hydrogen (secondary N) is 2. The number of hydrogen-bond acceptors (Lipinski definition) is 10. The van der Waals surface area contributed by atoms with Crippen molar-refractivity contribution in [2.24, 2.45) is 12.5 Å². The topological polar surface area (TPSA) is 174 Å². The van der Waals surface area contributed by atoms with Crippen LogP contribution in [0.2, 0.25) is 0 Å². The fourth-order valence-electron chi connectivity index (χ4n) is 9.47. The molecule has 1 aliphatic carbocycles. The van der Waals surface area contributed by atoms with Crippen LogP contribution in [0.25, 0.3) is 21.8 Å². The van der Waals surface area contributed by atoms with Gasteiger partial charge in [0.25, 0.3) is 5.56 Å². The number of urea groups is 1. The highest BCUT2D eigenvalue weighted by Gasteiger charge is 2.47. The molecule has 16 nitrogen and oxygen atoms in total. The number of carbonyl (C=O) groups excluding carboxylic acids is 2. The van der Waals surface area contributed by atoms with Crippen LogP contribution in [0.5, 0.6) is 11.5 Å². The molecule has 5 aromatic rings. The number of carbonyl (C=O) groups is 2. The lowest BCUT2D eigenvalue weighted by molar-refractivity contribution is -0.120. The van der Waals surface area contributed by atoms with Crippen LogP contribution in [0.1, 0.15) is 63.5 Å². The number of aromatic nitrogens is 4. The number of benzene rings is 3. The molecule has 4 fully saturated rings. The maximum atomic E-state index is 15.8. The smallest absolute Gasteiger partial charge is 0.329 e. The first-order valence-corrected chi connectivity index (χ1v) is 22.0. The minimum absolute atomic E-state index is 0.0323. The molecule has 3 aromatic carbocycles. The summed E-state index contributed by atoms with van der Waals surface area (Å²) >= 11 is -1.66. The van der Waals surface area contributed by atoms with E-state index in [4.69, 9.17) is 4.74 Å². The Hall–Kier alpha value is -5.97. The van der Waals surface area contributed by atoms with Crippen molar-refractivity contribution < 1.29 is 27.3 Å². The van der Waals surface area contributed by atoms with Gasteiger partial charge >= 0.3 is 6.03 Å². The highest BCUT2D eigenvalue weighted by Crippen LogP contribution is 2.46. The molecular weight excluding hydrogens is 821 g/mol. The van der Waals surface area contributed by atoms with Gasteiger partial charge in [0, 0.05) is 77.3 Å². The molecule has 2 aromatic heterocycles. The number of anilines is 3. The zero-order valence-electron chi connectivity index (χ0n) is 34.7. The van der Waals surface area contributed by atoms with Crippen molar-refractivity contribution in [1.29, 1.82) is 5.26 Å². The number of halogens is 2. The largest absolute Gasteiger partial charge is 0.453 e. The van der Waals surface area contributed by atoms with Crippen LogP contribution in [0.4, 0.5) is 30.8 Å². The first kappa shape index (κ1) is 41.4. The minimum Gasteiger partial charge on any atom is -0.453 e. The molecule has 1 atom stereocenters. The average molecular weight is 868 g/mol. The lowest BCUT2D eigenvalue weighted by Gasteiger charge is -2.57. The Morgan fingerprint density at radius 3 is 2.45 bits per heavy atom. The van der Waals surface area contributed by atoms with Crippen molar-refractivity contribution in [3.63, 3.8) is 0 Å². The summed E-state index contributed by atoms with van der Waals surface area (Å²) in [5.41, 5.74) is 1.66. The predicted octanol–water partition coefficient (Wildman–Crippen LogP) is 5.70. The number of rotatable bonds is 10. The first-order valence-electron chi connectivity index (χ1n) is 20.9. The Morgan fingerprint density at radius 2 is 1.74 bits per heavy atom. The maximum absolute atomic E-state index is 15.8. The van der Waals surface area contributed by atoms with Gasteiger partial charge in [-0.25, -0.2) is 27.1 Å². The maximum Gasteiger partial charge on any atom is 0.329 e. The normalized spacial score (nSPS) is 21.0. The fraction of sp³-hybridized carbons (Fsp3) is 0.442. The van der Waals surface area contributed by atoms with Crippen LogP contribution in [-0.2, 0) is 23.0 Å². The zero-order valence-corrected chi connectivity index (χ0v) is 35.5. The predicted molar refractivity (Wildman–Crippen MR) is 230 cm³/mol. The molecule has 19 heteroatoms. The van der Waals surface area contributed by atoms with E-state index in [-0.39, 0.29) is 64.5 Å². The Morgan fingerprint density at radius 1 is 1.00 bits per heavy atom. The number of ether oxygens (including phenoxy) is 1. The summed E-state index contributed by atoms with van der Waals surface area (Å²) in [6, 6.07) is 12.2. The lowest BCUT2D eigenvalue weighted by atomic mass is 9.70. The zero-order chi connectivity index (χ0) is 43.4. The number of nitriles is 1. The Bertz CT molecular complexity index is 2730. The van der Waals surface area contributed by atoms with Gasteiger partial charge in [0.1, 0.15) is 23.2 Å². The van der Waals surface area contributed by atoms with Gasteiger partial charge in [0.15, 0.2) is 28.6 Å². The number of nitrogens with zero attached hydrogens (tertiary/aromatic N) is 9. The minimum atomic E-state index is -1.66. The van der Waals surface area contributed by atoms with Crippen molar-refractivity contribution in [1.82, 2.24) is 33.9 Å². The van der Waals surface area contributed by atoms with E-state index in [2.05, 4.69) is 29.9 Å². The van der Waals surface area contributed by atoms with E-state index in [0.29, 0.717) is 45.9 Å². The van der Waals surface area contributed by atoms with Crippen molar-refractivity contribution in [2.75, 3.05) is 60.8 Å². The van der Waals surface area contributed by atoms with Gasteiger partial charge in [-0.3, -0.25) is 38.7 Å². The van der Waals surface area contributed by atoms with E-state index < -0.39 is 23.0 Å². The van der Waals surface area contributed by atoms with Crippen LogP contribution in [0, 0.1) is 28.4 Å². The molecule has 3 amide bonds. The number of likely N-dealkylation sites (tertiary alicyclic amines) is 1. The Labute approximate surface area is 358 Å². The van der Waals surface area contributed by atoms with Gasteiger partial charge in [0.05, 0.1) is 34.1 Å². The van der Waals surface area contributed by atoms with Gasteiger partial charge in [0.2, 0.25) is 5.91 Å². The molecule has 5 heterocycles. The fourth-order valence-corrected chi connectivity index (χ4v) is 10.2. The van der Waals surface area contributed by atoms with Crippen LogP contribution in [-0.4, -0.2) is 97.0 Å². The van der Waals surface area contributed by atoms with E-state index in [0.717, 1.165) is 70.8 Å². The third-order valence-electron chi connectivity index (χ3n) is 13.1. The Balaban J connectivity index is 0.814. The van der Waals surface area contributed by atoms with Crippen molar-refractivity contribution in [3.05, 3.63) is 76.3 Å². The summed E-state index contributed by atoms with van der Waals surface area (Å²) in [6.45, 7) is 5.93. The third-order valence-corrected chi connectivity index (χ3v) is 14.4. The molecule has 2 N–H and O–H groups in total. The summed E-state index contributed by atoms with van der Waals surface area (Å²) in [5, 5.41) is 17.6. The second-order valence-electron chi connectivity index (χ2n) is 16.8. The van der Waals surface area contributed by atoms with Crippen LogP contribution in [0.15, 0.2) is 53.6 Å². The molecule has 1 unspecified atom stereocenters. The number of aryl methyl sites for hydroxylation is 1. The van der Waals surface area contributed by atoms with Gasteiger partial charge in [-0.1, -0.05) is 6.92 Å². The highest BCUT2D eigenvalue weighted by atomic mass is 32.2. The molecule has 0 radical (unpaired) electrons. The van der Waals surface area contributed by atoms with E-state index in [9.17, 15) is 23.9 Å². The van der Waals surface area contributed by atoms with Gasteiger partial charge in [-0.2, -0.15) is 10.4 Å². The number of amides is 3. The molecule has 0 bridgehead atoms. The van der Waals surface area contributed by atoms with Gasteiger partial charge in [-0.05, 0) is 86.4 Å². The average Bonchev–Trinajstić information content (AvgIpc) is 3.57. The van der Waals surface area contributed by atoms with Crippen LogP contribution in [0.3, 0.4) is 0 Å². The molecule has 4 aliphatic rings. The summed E-state index contributed by atoms with van der Waals surface area (Å²) in [5.74, 6) is -1.34. The quantitative estimate of drug-likeness (QED) is 0.177. The van der Waals surface area contributed by atoms with Crippen molar-refractivity contribution in [3.8, 4) is 17.6 Å². The van der Waals surface area contributed by atoms with Crippen molar-refractivity contribution >= 4 is 62.1 Å². The van der Waals surface area contributed by atoms with E-state index in [1.165, 1.54) is 27.4 Å². The molecule has 1 saturated carbocycles. The highest BCUT2D eigenvalue weighted by molar-refractivity contribution is 7.84. The van der Waals surface area contributed by atoms with Crippen molar-refractivity contribution in [2.45, 2.75) is 64.0 Å². The Kier molecular flexibility index (Phi) is 10.9. The molecule has 324 valence electrons. The molecule has 9 rings (SSSR count). The number of fused-ring (bicyclic) bond motifs is 2. The third kappa shape index (κ3) is 7.53. The van der Waals surface area contributed by atoms with E-state index in [1.807, 2.05) is 19.1 Å². The van der Waals surface area contributed by atoms with E-state index in [1.54, 1.807) is 41.8 Å². The van der Waals surface area contributed by atoms with Crippen LogP contribution < -0.4 is 30.1 Å². The van der Waals surface area contributed by atoms with Gasteiger partial charge in [-0.15, -0.1) is 0 Å². The number of imide groups is 1. The monoisotopic (exact) mass is 867 g/mol. The van der Waals surface area contributed by atoms with Crippen LogP contribution >= 0.6 is 0 Å². The number of hydrogen-bond donors (Lipinski definition) is 2. The molecule has 1 spiro atoms. The summed E-state index contributed by atoms with van der Waals surface area (Å²) in [7, 11) is 3.41. The molecule has 3 aliphatic heterocycles. The summed E-state index contributed by atoms with van der Waals surface area (Å²) in [6.07, 6.45) is 7.15. The standard InChI is InChI=1S/C43H47F2N11O5S/c1-4-51(2)62(60)50-35-12-10-32(44)39(31(35)22-46)61-28-9-11-34-29(19-28)41(58)56(25-47-34)27-7-5-26(6-8-27)54-23-43(24-54)14-17-53(18-15-43)37-21-36-30(20-33(37)45)40(49-52(36)3)55-16-13-38(57)48-42(55)59/h9-12,19-21,25-27,50H,4-8,13-18,23-24H2,1-3H3,(H,48,57,59). The van der Waals surface area contributed by atoms with Gasteiger partial charge < -0.3 is 9.64 Å². The lowest BCUT2D eigenvalue weighted by Crippen LogP contribution is -2.63. The first-order chi connectivity index (χ1) is 29.8. The summed E-state index contributed by atoms with van der Waals surface area (Å²) < 4.78 is 56.9. The molecule has 62 heavy (non-hydrogen) atoms. The molecular formula is C43H47F2N11O5S. The van der Waals surface area contributed by atoms with E-state index >= 15 is 8.78 Å². The molecule has 3 saturated heterocycles. The SMILES string of the molecule is CCN(C)S(=O)Nc1ccc(F)c(Oc2ccc3ncn(C4CCC(N5CC6(CCN(c7cc8c(cc7F)c(N7CCC(=O)NC7=O)nn8C)CC6)C5)CC4)c(=O)c3c2)c1C#N. The second-order valence-corrected chi connectivity index (χ2v) is 18.1. The summed E-state index contributed by atoms with van der Waals surface area (Å²) in [4.78, 5) is 48.7. The second kappa shape index (κ2) is 16.4.